The number of nitrogens with zero attached hydrogens (tertiary/aromatic N) is 5. The molecule has 0 radical (unpaired) electrons. The van der Waals surface area contributed by atoms with Gasteiger partial charge in [0.15, 0.2) is 5.65 Å². The highest BCUT2D eigenvalue weighted by Crippen LogP contribution is 2.33. The van der Waals surface area contributed by atoms with Crippen LogP contribution >= 0.6 is 0 Å². The Hall–Kier alpha value is -3.94. The van der Waals surface area contributed by atoms with Gasteiger partial charge in [-0.2, -0.15) is 0 Å². The molecule has 5 rings (SSSR count). The molecule has 4 heterocycles. The molecule has 1 fully saturated rings. The smallest absolute Gasteiger partial charge is 0.255 e. The van der Waals surface area contributed by atoms with Crippen LogP contribution in [0.25, 0.3) is 22.6 Å². The summed E-state index contributed by atoms with van der Waals surface area (Å²) in [6.07, 6.45) is 4.16. The van der Waals surface area contributed by atoms with Crippen molar-refractivity contribution < 1.29 is 14.3 Å². The Morgan fingerprint density at radius 3 is 2.59 bits per heavy atom. The molecule has 1 atom stereocenters. The fourth-order valence-corrected chi connectivity index (χ4v) is 4.17. The van der Waals surface area contributed by atoms with Gasteiger partial charge in [-0.15, -0.1) is 0 Å². The summed E-state index contributed by atoms with van der Waals surface area (Å²) in [6.45, 7) is 1.24. The minimum Gasteiger partial charge on any atom is -0.497 e. The molecule has 0 bridgehead atoms. The van der Waals surface area contributed by atoms with Crippen LogP contribution in [0.1, 0.15) is 22.8 Å². The van der Waals surface area contributed by atoms with Crippen molar-refractivity contribution in [3.63, 3.8) is 0 Å². The predicted octanol–water partition coefficient (Wildman–Crippen LogP) is 3.60. The lowest BCUT2D eigenvalue weighted by Crippen LogP contribution is -2.29. The third-order valence-electron chi connectivity index (χ3n) is 5.81. The van der Waals surface area contributed by atoms with E-state index in [-0.39, 0.29) is 11.9 Å². The van der Waals surface area contributed by atoms with Gasteiger partial charge in [-0.25, -0.2) is 15.0 Å². The quantitative estimate of drug-likeness (QED) is 0.482. The molecule has 32 heavy (non-hydrogen) atoms. The molecule has 162 valence electrons. The summed E-state index contributed by atoms with van der Waals surface area (Å²) in [7, 11) is 3.20. The van der Waals surface area contributed by atoms with Crippen molar-refractivity contribution in [2.24, 2.45) is 0 Å². The maximum Gasteiger partial charge on any atom is 0.255 e. The van der Waals surface area contributed by atoms with Crippen molar-refractivity contribution in [1.82, 2.24) is 24.4 Å². The molecule has 0 spiro atoms. The summed E-state index contributed by atoms with van der Waals surface area (Å²) in [4.78, 5) is 28.5. The highest BCUT2D eigenvalue weighted by atomic mass is 16.5. The summed E-state index contributed by atoms with van der Waals surface area (Å²) >= 11 is 0. The zero-order valence-electron chi connectivity index (χ0n) is 17.9. The Morgan fingerprint density at radius 2 is 1.88 bits per heavy atom. The lowest BCUT2D eigenvalue weighted by atomic mass is 10.2. The minimum absolute atomic E-state index is 0.0361. The number of amides is 1. The fraction of sp³-hybridized carbons (Fsp3) is 0.250. The molecular formula is C24H23N5O3. The molecule has 1 saturated heterocycles. The van der Waals surface area contributed by atoms with Gasteiger partial charge in [-0.1, -0.05) is 0 Å². The van der Waals surface area contributed by atoms with Gasteiger partial charge in [-0.05, 0) is 48.9 Å². The Labute approximate surface area is 185 Å². The van der Waals surface area contributed by atoms with E-state index in [0.29, 0.717) is 24.5 Å². The van der Waals surface area contributed by atoms with Crippen molar-refractivity contribution in [2.45, 2.75) is 12.5 Å². The normalized spacial score (nSPS) is 15.8. The van der Waals surface area contributed by atoms with Gasteiger partial charge < -0.3 is 18.9 Å². The van der Waals surface area contributed by atoms with E-state index < -0.39 is 0 Å². The monoisotopic (exact) mass is 429 g/mol. The first-order chi connectivity index (χ1) is 15.7. The number of fused-ring (bicyclic) bond motifs is 1. The Bertz CT molecular complexity index is 1250. The van der Waals surface area contributed by atoms with E-state index >= 15 is 0 Å². The second kappa shape index (κ2) is 8.30. The lowest BCUT2D eigenvalue weighted by molar-refractivity contribution is 0.0787. The van der Waals surface area contributed by atoms with Gasteiger partial charge in [0.05, 0.1) is 25.8 Å². The van der Waals surface area contributed by atoms with E-state index in [4.69, 9.17) is 14.5 Å². The standard InChI is InChI=1S/C24H23N5O3/c1-31-19-8-5-16(6-9-19)22-27-20-4-3-12-25-23(20)29(22)18-11-13-28(15-18)24(30)17-7-10-21(32-2)26-14-17/h3-10,12,14,18H,11,13,15H2,1-2H3. The number of ether oxygens (including phenoxy) is 2. The van der Waals surface area contributed by atoms with Crippen molar-refractivity contribution >= 4 is 17.1 Å². The molecule has 0 saturated carbocycles. The minimum atomic E-state index is -0.0361. The van der Waals surface area contributed by atoms with Crippen molar-refractivity contribution in [1.29, 1.82) is 0 Å². The fourth-order valence-electron chi connectivity index (χ4n) is 4.17. The van der Waals surface area contributed by atoms with Crippen LogP contribution < -0.4 is 9.47 Å². The molecule has 3 aromatic heterocycles. The maximum absolute atomic E-state index is 13.0. The number of methoxy groups -OCH3 is 2. The van der Waals surface area contributed by atoms with Crippen LogP contribution in [-0.4, -0.2) is 57.6 Å². The number of hydrogen-bond donors (Lipinski definition) is 0. The summed E-state index contributed by atoms with van der Waals surface area (Å²) in [5.41, 5.74) is 3.19. The Kier molecular flexibility index (Phi) is 5.18. The third-order valence-corrected chi connectivity index (χ3v) is 5.81. The van der Waals surface area contributed by atoms with Crippen LogP contribution in [0, 0.1) is 0 Å². The number of carbonyl (C=O) groups excluding carboxylic acids is 1. The predicted molar refractivity (Wildman–Crippen MR) is 120 cm³/mol. The zero-order valence-corrected chi connectivity index (χ0v) is 17.9. The first kappa shape index (κ1) is 20.0. The van der Waals surface area contributed by atoms with Crippen LogP contribution in [0.15, 0.2) is 60.9 Å². The lowest BCUT2D eigenvalue weighted by Gasteiger charge is -2.19. The number of carbonyl (C=O) groups is 1. The molecule has 1 aromatic carbocycles. The van der Waals surface area contributed by atoms with E-state index in [2.05, 4.69) is 14.5 Å². The molecule has 1 amide bonds. The first-order valence-electron chi connectivity index (χ1n) is 10.4. The summed E-state index contributed by atoms with van der Waals surface area (Å²) < 4.78 is 12.5. The Balaban J connectivity index is 1.47. The van der Waals surface area contributed by atoms with Gasteiger partial charge in [0.1, 0.15) is 17.1 Å². The van der Waals surface area contributed by atoms with Crippen LogP contribution in [0.4, 0.5) is 0 Å². The zero-order chi connectivity index (χ0) is 22.1. The topological polar surface area (TPSA) is 82.4 Å². The van der Waals surface area contributed by atoms with Crippen LogP contribution in [-0.2, 0) is 0 Å². The molecule has 8 nitrogen and oxygen atoms in total. The average Bonchev–Trinajstić information content (AvgIpc) is 3.48. The van der Waals surface area contributed by atoms with Gasteiger partial charge >= 0.3 is 0 Å². The number of aromatic nitrogens is 4. The number of likely N-dealkylation sites (tertiary alicyclic amines) is 1. The van der Waals surface area contributed by atoms with E-state index in [0.717, 1.165) is 34.7 Å². The first-order valence-corrected chi connectivity index (χ1v) is 10.4. The van der Waals surface area contributed by atoms with Crippen molar-refractivity contribution in [2.75, 3.05) is 27.3 Å². The van der Waals surface area contributed by atoms with Gasteiger partial charge in [0.2, 0.25) is 5.88 Å². The molecule has 1 unspecified atom stereocenters. The maximum atomic E-state index is 13.0. The average molecular weight is 429 g/mol. The second-order valence-corrected chi connectivity index (χ2v) is 7.66. The molecular weight excluding hydrogens is 406 g/mol. The molecule has 1 aliphatic heterocycles. The van der Waals surface area contributed by atoms with E-state index in [1.54, 1.807) is 38.7 Å². The summed E-state index contributed by atoms with van der Waals surface area (Å²) in [6, 6.07) is 15.2. The van der Waals surface area contributed by atoms with Gasteiger partial charge in [-0.3, -0.25) is 4.79 Å². The second-order valence-electron chi connectivity index (χ2n) is 7.66. The number of imidazole rings is 1. The SMILES string of the molecule is COc1ccc(-c2nc3cccnc3n2C2CCN(C(=O)c3ccc(OC)nc3)C2)cc1. The summed E-state index contributed by atoms with van der Waals surface area (Å²) in [5, 5.41) is 0. The van der Waals surface area contributed by atoms with Crippen LogP contribution in [0.2, 0.25) is 0 Å². The number of hydrogen-bond acceptors (Lipinski definition) is 6. The molecule has 0 N–H and O–H groups in total. The molecule has 0 aliphatic carbocycles. The number of rotatable bonds is 5. The molecule has 4 aromatic rings. The van der Waals surface area contributed by atoms with Crippen molar-refractivity contribution in [3.8, 4) is 23.0 Å². The van der Waals surface area contributed by atoms with E-state index in [1.165, 1.54) is 0 Å². The van der Waals surface area contributed by atoms with E-state index in [1.807, 2.05) is 41.3 Å². The largest absolute Gasteiger partial charge is 0.497 e. The number of benzene rings is 1. The number of pyridine rings is 2. The van der Waals surface area contributed by atoms with Crippen LogP contribution in [0.3, 0.4) is 0 Å². The van der Waals surface area contributed by atoms with E-state index in [9.17, 15) is 4.79 Å². The van der Waals surface area contributed by atoms with Crippen molar-refractivity contribution in [3.05, 3.63) is 66.5 Å². The van der Waals surface area contributed by atoms with Gasteiger partial charge in [0.25, 0.3) is 5.91 Å². The summed E-state index contributed by atoms with van der Waals surface area (Å²) in [5.74, 6) is 2.08. The molecule has 1 aliphatic rings. The molecule has 8 heteroatoms. The Morgan fingerprint density at radius 1 is 1.03 bits per heavy atom. The third kappa shape index (κ3) is 3.53. The van der Waals surface area contributed by atoms with Crippen LogP contribution in [0.5, 0.6) is 11.6 Å². The highest BCUT2D eigenvalue weighted by Gasteiger charge is 2.31. The van der Waals surface area contributed by atoms with Gasteiger partial charge in [0, 0.05) is 37.1 Å². The highest BCUT2D eigenvalue weighted by molar-refractivity contribution is 5.94.